The van der Waals surface area contributed by atoms with Crippen molar-refractivity contribution in [1.82, 2.24) is 0 Å². The summed E-state index contributed by atoms with van der Waals surface area (Å²) in [5.41, 5.74) is 18.5. The standard InChI is InChI=1S/C34H38Si/c1-20-18-30-31(33(20)35(6,7)34-23(4)21(2)22(3)24(34)5)19-26-14-11-16-28(26)32(30)29-17-10-13-25-12-8-9-15-27(25)29/h8-10,12-13,15,17-19,33-34H,11,14,16H2,1-7H3. The number of benzene rings is 3. The van der Waals surface area contributed by atoms with E-state index in [0.29, 0.717) is 11.1 Å². The average Bonchev–Trinajstić information content (AvgIpc) is 3.49. The third kappa shape index (κ3) is 3.17. The van der Waals surface area contributed by atoms with Crippen LogP contribution in [-0.2, 0) is 12.8 Å². The molecule has 0 saturated carbocycles. The molecule has 0 radical (unpaired) electrons. The number of rotatable bonds is 3. The number of hydrogen-bond donors (Lipinski definition) is 0. The van der Waals surface area contributed by atoms with Gasteiger partial charge in [0.05, 0.1) is 8.07 Å². The minimum Gasteiger partial charge on any atom is -0.0679 e. The molecule has 0 aromatic heterocycles. The Morgan fingerprint density at radius 2 is 1.46 bits per heavy atom. The highest BCUT2D eigenvalue weighted by Gasteiger charge is 2.47. The van der Waals surface area contributed by atoms with E-state index in [4.69, 9.17) is 0 Å². The fourth-order valence-corrected chi connectivity index (χ4v) is 13.4. The Morgan fingerprint density at radius 1 is 0.771 bits per heavy atom. The summed E-state index contributed by atoms with van der Waals surface area (Å²) in [5.74, 6) is 0. The summed E-state index contributed by atoms with van der Waals surface area (Å²) < 4.78 is 0. The van der Waals surface area contributed by atoms with Crippen LogP contribution in [0.1, 0.15) is 68.8 Å². The number of fused-ring (bicyclic) bond motifs is 3. The van der Waals surface area contributed by atoms with Crippen molar-refractivity contribution in [2.75, 3.05) is 0 Å². The van der Waals surface area contributed by atoms with E-state index in [1.807, 2.05) is 0 Å². The van der Waals surface area contributed by atoms with Crippen LogP contribution in [0.25, 0.3) is 28.0 Å². The Hall–Kier alpha value is -2.64. The summed E-state index contributed by atoms with van der Waals surface area (Å²) >= 11 is 0. The summed E-state index contributed by atoms with van der Waals surface area (Å²) in [4.78, 5) is 0. The number of allylic oxidation sites excluding steroid dienone is 5. The minimum absolute atomic E-state index is 0.575. The fraction of sp³-hybridized carbons (Fsp3) is 0.353. The summed E-state index contributed by atoms with van der Waals surface area (Å²) in [6.45, 7) is 17.3. The molecule has 0 amide bonds. The molecule has 0 saturated heterocycles. The lowest BCUT2D eigenvalue weighted by molar-refractivity contribution is 0.911. The van der Waals surface area contributed by atoms with Crippen LogP contribution < -0.4 is 0 Å². The van der Waals surface area contributed by atoms with E-state index in [9.17, 15) is 0 Å². The van der Waals surface area contributed by atoms with Gasteiger partial charge < -0.3 is 0 Å². The van der Waals surface area contributed by atoms with Gasteiger partial charge >= 0.3 is 0 Å². The molecule has 0 bridgehead atoms. The number of hydrogen-bond acceptors (Lipinski definition) is 0. The molecule has 1 atom stereocenters. The first-order chi connectivity index (χ1) is 16.7. The van der Waals surface area contributed by atoms with E-state index in [1.165, 1.54) is 46.7 Å². The van der Waals surface area contributed by atoms with Gasteiger partial charge in [0.2, 0.25) is 0 Å². The highest BCUT2D eigenvalue weighted by Crippen LogP contribution is 2.56. The molecule has 0 nitrogen and oxygen atoms in total. The van der Waals surface area contributed by atoms with E-state index in [2.05, 4.69) is 102 Å². The summed E-state index contributed by atoms with van der Waals surface area (Å²) in [6, 6.07) is 18.5. The van der Waals surface area contributed by atoms with Gasteiger partial charge in [0.25, 0.3) is 0 Å². The molecule has 0 heterocycles. The molecular formula is C34H38Si. The molecule has 6 rings (SSSR count). The lowest BCUT2D eigenvalue weighted by Gasteiger charge is -2.39. The van der Waals surface area contributed by atoms with Gasteiger partial charge in [-0.1, -0.05) is 84.4 Å². The van der Waals surface area contributed by atoms with Gasteiger partial charge in [-0.2, -0.15) is 0 Å². The van der Waals surface area contributed by atoms with Gasteiger partial charge in [-0.25, -0.2) is 0 Å². The highest BCUT2D eigenvalue weighted by atomic mass is 28.3. The second-order valence-electron chi connectivity index (χ2n) is 12.0. The maximum atomic E-state index is 2.67. The minimum atomic E-state index is -1.76. The highest BCUT2D eigenvalue weighted by molar-refractivity contribution is 6.82. The molecule has 0 aliphatic heterocycles. The van der Waals surface area contributed by atoms with Crippen LogP contribution in [-0.4, -0.2) is 8.07 Å². The maximum absolute atomic E-state index is 2.67. The Labute approximate surface area is 212 Å². The molecule has 0 fully saturated rings. The van der Waals surface area contributed by atoms with E-state index in [1.54, 1.807) is 44.6 Å². The number of aryl methyl sites for hydroxylation is 1. The Balaban J connectivity index is 1.60. The van der Waals surface area contributed by atoms with E-state index >= 15 is 0 Å². The lowest BCUT2D eigenvalue weighted by atomic mass is 9.87. The molecule has 1 unspecified atom stereocenters. The van der Waals surface area contributed by atoms with E-state index in [0.717, 1.165) is 0 Å². The van der Waals surface area contributed by atoms with Crippen molar-refractivity contribution in [2.24, 2.45) is 0 Å². The molecular weight excluding hydrogens is 436 g/mol. The maximum Gasteiger partial charge on any atom is 0.0717 e. The third-order valence-corrected chi connectivity index (χ3v) is 14.4. The zero-order valence-electron chi connectivity index (χ0n) is 22.5. The van der Waals surface area contributed by atoms with Crippen molar-refractivity contribution in [3.8, 4) is 11.1 Å². The predicted molar refractivity (Wildman–Crippen MR) is 156 cm³/mol. The Morgan fingerprint density at radius 3 is 2.20 bits per heavy atom. The van der Waals surface area contributed by atoms with Crippen LogP contribution in [0, 0.1) is 0 Å². The van der Waals surface area contributed by atoms with Crippen LogP contribution in [0.15, 0.2) is 76.4 Å². The second-order valence-corrected chi connectivity index (χ2v) is 16.8. The van der Waals surface area contributed by atoms with Crippen molar-refractivity contribution >= 4 is 24.9 Å². The van der Waals surface area contributed by atoms with Crippen LogP contribution in [0.2, 0.25) is 18.6 Å². The van der Waals surface area contributed by atoms with Gasteiger partial charge in [0.1, 0.15) is 0 Å². The summed E-state index contributed by atoms with van der Waals surface area (Å²) in [5, 5.41) is 2.74. The van der Waals surface area contributed by atoms with E-state index in [-0.39, 0.29) is 0 Å². The SMILES string of the molecule is CC1=Cc2c(cc3c(c2-c2cccc4ccccc24)CCC3)C1[Si](C)(C)C1C(C)=C(C)C(C)=C1C. The first-order valence-electron chi connectivity index (χ1n) is 13.4. The van der Waals surface area contributed by atoms with Crippen molar-refractivity contribution in [1.29, 1.82) is 0 Å². The quantitative estimate of drug-likeness (QED) is 0.331. The van der Waals surface area contributed by atoms with Crippen molar-refractivity contribution in [2.45, 2.75) is 78.1 Å². The first-order valence-corrected chi connectivity index (χ1v) is 16.6. The monoisotopic (exact) mass is 474 g/mol. The summed E-state index contributed by atoms with van der Waals surface area (Å²) in [7, 11) is -1.76. The predicted octanol–water partition coefficient (Wildman–Crippen LogP) is 9.80. The molecule has 178 valence electrons. The largest absolute Gasteiger partial charge is 0.0717 e. The van der Waals surface area contributed by atoms with Crippen molar-refractivity contribution in [3.05, 3.63) is 98.7 Å². The lowest BCUT2D eigenvalue weighted by Crippen LogP contribution is -2.41. The molecule has 0 spiro atoms. The molecule has 1 heteroatoms. The Kier molecular flexibility index (Phi) is 5.17. The topological polar surface area (TPSA) is 0 Å². The van der Waals surface area contributed by atoms with Gasteiger partial charge in [0.15, 0.2) is 0 Å². The van der Waals surface area contributed by atoms with E-state index < -0.39 is 8.07 Å². The van der Waals surface area contributed by atoms with Crippen LogP contribution in [0.3, 0.4) is 0 Å². The molecule has 0 N–H and O–H groups in total. The molecule has 3 aliphatic carbocycles. The normalized spacial score (nSPS) is 20.2. The van der Waals surface area contributed by atoms with Crippen molar-refractivity contribution in [3.63, 3.8) is 0 Å². The zero-order chi connectivity index (χ0) is 24.6. The van der Waals surface area contributed by atoms with Crippen LogP contribution >= 0.6 is 0 Å². The zero-order valence-corrected chi connectivity index (χ0v) is 23.5. The molecule has 3 aliphatic rings. The van der Waals surface area contributed by atoms with Crippen LogP contribution in [0.4, 0.5) is 0 Å². The van der Waals surface area contributed by atoms with Gasteiger partial charge in [-0.3, -0.25) is 0 Å². The molecule has 3 aromatic rings. The third-order valence-electron chi connectivity index (χ3n) is 9.77. The van der Waals surface area contributed by atoms with Gasteiger partial charge in [0, 0.05) is 5.54 Å². The molecule has 3 aromatic carbocycles. The average molecular weight is 475 g/mol. The Bertz CT molecular complexity index is 1460. The smallest absolute Gasteiger partial charge is 0.0679 e. The summed E-state index contributed by atoms with van der Waals surface area (Å²) in [6.07, 6.45) is 6.31. The van der Waals surface area contributed by atoms with Gasteiger partial charge in [-0.05, 0) is 115 Å². The molecule has 35 heavy (non-hydrogen) atoms. The second kappa shape index (κ2) is 7.93. The van der Waals surface area contributed by atoms with Crippen LogP contribution in [0.5, 0.6) is 0 Å². The van der Waals surface area contributed by atoms with Gasteiger partial charge in [-0.15, -0.1) is 0 Å². The van der Waals surface area contributed by atoms with Crippen molar-refractivity contribution < 1.29 is 0 Å². The first kappa shape index (κ1) is 22.8. The fourth-order valence-electron chi connectivity index (χ4n) is 8.11.